The standard InChI is InChI=1S/C13H21N3O2S/c1-7(2)18-11-12(14)16-19-13(11)15-9-5-6-17-10(9)8-3-4-8/h7-10,15H,3-6H2,1-2H3,(H2,14,16). The van der Waals surface area contributed by atoms with Crippen molar-refractivity contribution in [1.82, 2.24) is 4.37 Å². The number of nitrogens with one attached hydrogen (secondary N) is 1. The molecule has 2 heterocycles. The zero-order chi connectivity index (χ0) is 13.4. The van der Waals surface area contributed by atoms with Gasteiger partial charge in [-0.15, -0.1) is 0 Å². The predicted octanol–water partition coefficient (Wildman–Crippen LogP) is 2.49. The number of nitrogens with zero attached hydrogens (tertiary/aromatic N) is 1. The molecular formula is C13H21N3O2S. The lowest BCUT2D eigenvalue weighted by molar-refractivity contribution is 0.0898. The Labute approximate surface area is 117 Å². The highest BCUT2D eigenvalue weighted by atomic mass is 32.1. The number of rotatable bonds is 5. The summed E-state index contributed by atoms with van der Waals surface area (Å²) in [5.74, 6) is 1.91. The minimum atomic E-state index is 0.0957. The van der Waals surface area contributed by atoms with Gasteiger partial charge in [-0.25, -0.2) is 0 Å². The van der Waals surface area contributed by atoms with Crippen LogP contribution in [0, 0.1) is 5.92 Å². The van der Waals surface area contributed by atoms with Crippen molar-refractivity contribution in [2.45, 2.75) is 51.4 Å². The molecule has 0 amide bonds. The molecule has 0 aromatic carbocycles. The lowest BCUT2D eigenvalue weighted by Gasteiger charge is -2.20. The summed E-state index contributed by atoms with van der Waals surface area (Å²) in [5.41, 5.74) is 5.87. The van der Waals surface area contributed by atoms with Gasteiger partial charge < -0.3 is 20.5 Å². The molecule has 2 atom stereocenters. The van der Waals surface area contributed by atoms with Gasteiger partial charge in [0, 0.05) is 6.61 Å². The normalized spacial score (nSPS) is 26.9. The number of ether oxygens (including phenoxy) is 2. The van der Waals surface area contributed by atoms with Gasteiger partial charge in [-0.1, -0.05) is 0 Å². The minimum Gasteiger partial charge on any atom is -0.484 e. The van der Waals surface area contributed by atoms with Gasteiger partial charge in [0.2, 0.25) is 0 Å². The van der Waals surface area contributed by atoms with Crippen molar-refractivity contribution >= 4 is 22.4 Å². The zero-order valence-corrected chi connectivity index (χ0v) is 12.2. The summed E-state index contributed by atoms with van der Waals surface area (Å²) in [6.07, 6.45) is 4.07. The summed E-state index contributed by atoms with van der Waals surface area (Å²) in [7, 11) is 0. The highest BCUT2D eigenvalue weighted by Gasteiger charge is 2.41. The highest BCUT2D eigenvalue weighted by Crippen LogP contribution is 2.42. The lowest BCUT2D eigenvalue weighted by atomic mass is 10.1. The van der Waals surface area contributed by atoms with Crippen molar-refractivity contribution in [2.24, 2.45) is 5.92 Å². The molecule has 3 N–H and O–H groups in total. The summed E-state index contributed by atoms with van der Waals surface area (Å²) in [6.45, 7) is 4.83. The number of hydrogen-bond acceptors (Lipinski definition) is 6. The van der Waals surface area contributed by atoms with Crippen LogP contribution in [0.15, 0.2) is 0 Å². The summed E-state index contributed by atoms with van der Waals surface area (Å²) < 4.78 is 15.8. The van der Waals surface area contributed by atoms with E-state index in [-0.39, 0.29) is 6.10 Å². The van der Waals surface area contributed by atoms with E-state index in [1.165, 1.54) is 24.4 Å². The Balaban J connectivity index is 1.71. The molecule has 1 saturated heterocycles. The molecule has 1 aliphatic carbocycles. The van der Waals surface area contributed by atoms with Gasteiger partial charge >= 0.3 is 0 Å². The molecule has 106 valence electrons. The number of nitrogen functional groups attached to an aromatic ring is 1. The number of anilines is 2. The summed E-state index contributed by atoms with van der Waals surface area (Å²) >= 11 is 1.37. The predicted molar refractivity (Wildman–Crippen MR) is 76.8 cm³/mol. The van der Waals surface area contributed by atoms with Gasteiger partial charge in [0.25, 0.3) is 0 Å². The van der Waals surface area contributed by atoms with E-state index in [2.05, 4.69) is 9.69 Å². The first-order valence-electron chi connectivity index (χ1n) is 6.95. The van der Waals surface area contributed by atoms with E-state index in [0.29, 0.717) is 23.7 Å². The molecule has 0 radical (unpaired) electrons. The van der Waals surface area contributed by atoms with Crippen molar-refractivity contribution in [3.63, 3.8) is 0 Å². The van der Waals surface area contributed by atoms with Crippen molar-refractivity contribution in [2.75, 3.05) is 17.7 Å². The summed E-state index contributed by atoms with van der Waals surface area (Å²) in [5, 5.41) is 4.47. The Bertz CT molecular complexity index is 445. The van der Waals surface area contributed by atoms with Gasteiger partial charge in [-0.2, -0.15) is 4.37 Å². The molecule has 0 spiro atoms. The minimum absolute atomic E-state index is 0.0957. The Morgan fingerprint density at radius 2 is 2.21 bits per heavy atom. The monoisotopic (exact) mass is 283 g/mol. The van der Waals surface area contributed by atoms with Crippen LogP contribution in [0.1, 0.15) is 33.1 Å². The van der Waals surface area contributed by atoms with E-state index in [1.54, 1.807) is 0 Å². The van der Waals surface area contributed by atoms with E-state index < -0.39 is 0 Å². The smallest absolute Gasteiger partial charge is 0.197 e. The molecule has 1 aromatic rings. The zero-order valence-electron chi connectivity index (χ0n) is 11.4. The SMILES string of the molecule is CC(C)Oc1c(N)nsc1NC1CCOC1C1CC1. The van der Waals surface area contributed by atoms with Crippen LogP contribution in [0.3, 0.4) is 0 Å². The Morgan fingerprint density at radius 3 is 2.89 bits per heavy atom. The van der Waals surface area contributed by atoms with E-state index in [1.807, 2.05) is 13.8 Å². The number of aromatic nitrogens is 1. The summed E-state index contributed by atoms with van der Waals surface area (Å²) in [4.78, 5) is 0. The first kappa shape index (κ1) is 13.0. The molecule has 3 rings (SSSR count). The largest absolute Gasteiger partial charge is 0.484 e. The van der Waals surface area contributed by atoms with Crippen LogP contribution in [0.25, 0.3) is 0 Å². The first-order valence-corrected chi connectivity index (χ1v) is 7.72. The topological polar surface area (TPSA) is 69.4 Å². The van der Waals surface area contributed by atoms with Crippen LogP contribution in [-0.4, -0.2) is 29.2 Å². The highest BCUT2D eigenvalue weighted by molar-refractivity contribution is 7.11. The van der Waals surface area contributed by atoms with Crippen LogP contribution in [-0.2, 0) is 4.74 Å². The van der Waals surface area contributed by atoms with Crippen LogP contribution in [0.5, 0.6) is 5.75 Å². The molecule has 2 aliphatic rings. The maximum absolute atomic E-state index is 5.87. The van der Waals surface area contributed by atoms with Gasteiger partial charge in [0.15, 0.2) is 16.6 Å². The molecule has 2 unspecified atom stereocenters. The van der Waals surface area contributed by atoms with Crippen molar-refractivity contribution in [3.8, 4) is 5.75 Å². The molecule has 2 fully saturated rings. The Kier molecular flexibility index (Phi) is 3.54. The third-order valence-electron chi connectivity index (χ3n) is 3.57. The van der Waals surface area contributed by atoms with Gasteiger partial charge in [0.1, 0.15) is 0 Å². The summed E-state index contributed by atoms with van der Waals surface area (Å²) in [6, 6.07) is 0.363. The Hall–Kier alpha value is -1.01. The molecule has 1 saturated carbocycles. The maximum atomic E-state index is 5.87. The Morgan fingerprint density at radius 1 is 1.42 bits per heavy atom. The van der Waals surface area contributed by atoms with Crippen LogP contribution < -0.4 is 15.8 Å². The van der Waals surface area contributed by atoms with Crippen LogP contribution in [0.2, 0.25) is 0 Å². The average Bonchev–Trinajstić information content (AvgIpc) is 3.02. The second kappa shape index (κ2) is 5.17. The molecule has 0 bridgehead atoms. The average molecular weight is 283 g/mol. The third kappa shape index (κ3) is 2.79. The van der Waals surface area contributed by atoms with Crippen molar-refractivity contribution in [1.29, 1.82) is 0 Å². The van der Waals surface area contributed by atoms with Gasteiger partial charge in [0.05, 0.1) is 18.2 Å². The van der Waals surface area contributed by atoms with Crippen LogP contribution in [0.4, 0.5) is 10.8 Å². The van der Waals surface area contributed by atoms with Crippen molar-refractivity contribution < 1.29 is 9.47 Å². The molecular weight excluding hydrogens is 262 g/mol. The first-order chi connectivity index (χ1) is 9.15. The fourth-order valence-electron chi connectivity index (χ4n) is 2.56. The fraction of sp³-hybridized carbons (Fsp3) is 0.769. The van der Waals surface area contributed by atoms with E-state index in [0.717, 1.165) is 23.9 Å². The lowest BCUT2D eigenvalue weighted by Crippen LogP contribution is -2.30. The van der Waals surface area contributed by atoms with Gasteiger partial charge in [-0.3, -0.25) is 0 Å². The molecule has 5 nitrogen and oxygen atoms in total. The molecule has 1 aliphatic heterocycles. The second-order valence-corrected chi connectivity index (χ2v) is 6.38. The fourth-order valence-corrected chi connectivity index (χ4v) is 3.27. The van der Waals surface area contributed by atoms with Gasteiger partial charge in [-0.05, 0) is 50.6 Å². The second-order valence-electron chi connectivity index (χ2n) is 5.61. The quantitative estimate of drug-likeness (QED) is 0.869. The number of hydrogen-bond donors (Lipinski definition) is 2. The van der Waals surface area contributed by atoms with E-state index in [9.17, 15) is 0 Å². The third-order valence-corrected chi connectivity index (χ3v) is 4.34. The van der Waals surface area contributed by atoms with Crippen molar-refractivity contribution in [3.05, 3.63) is 0 Å². The molecule has 19 heavy (non-hydrogen) atoms. The molecule has 1 aromatic heterocycles. The van der Waals surface area contributed by atoms with Crippen LogP contribution >= 0.6 is 11.5 Å². The maximum Gasteiger partial charge on any atom is 0.197 e. The van der Waals surface area contributed by atoms with E-state index in [4.69, 9.17) is 15.2 Å². The molecule has 6 heteroatoms. The number of nitrogens with two attached hydrogens (primary N) is 1. The van der Waals surface area contributed by atoms with E-state index >= 15 is 0 Å².